The van der Waals surface area contributed by atoms with Gasteiger partial charge in [0.15, 0.2) is 0 Å². The number of phosphoric acid groups is 1. The molecule has 1 aliphatic heterocycles. The lowest BCUT2D eigenvalue weighted by atomic mass is 9.92. The maximum absolute atomic E-state index is 10.8. The molecule has 104 heavy (non-hydrogen) atoms. The van der Waals surface area contributed by atoms with E-state index in [0.717, 1.165) is 12.1 Å². The lowest BCUT2D eigenvalue weighted by Gasteiger charge is -2.20. The number of nitrogens with two attached hydrogens (primary N) is 8. The van der Waals surface area contributed by atoms with Gasteiger partial charge in [0.05, 0.1) is 47.0 Å². The van der Waals surface area contributed by atoms with Crippen LogP contribution in [0.5, 0.6) is 0 Å². The topological polar surface area (TPSA) is 962 Å². The molecule has 0 amide bonds. The highest BCUT2D eigenvalue weighted by Gasteiger charge is 2.70. The van der Waals surface area contributed by atoms with Gasteiger partial charge in [0.1, 0.15) is 52.9 Å². The molecule has 1 saturated heterocycles. The van der Waals surface area contributed by atoms with E-state index in [1.54, 1.807) is 0 Å². The molecule has 14 atom stereocenters. The highest BCUT2D eigenvalue weighted by molar-refractivity contribution is 7.60. The standard InChI is InChI=1S/C10H9NO6.C8H11NO6.C8H10NO5P.C8H11NO4.C6H10N2O4.C5H9NO4.C4H10NO5P.C3H8NO6P/c11-7(10(16)17)4-1-2-5(8(12)13)6(3-4)9(14)15;9-8(7(14)15)1-3(5(10)11)4(2-8)6(12)13;9-7(8(10)11)5-1-3-6(4-2-5)15(12,13)14;9-8(7(12)13)2-1-3-4(5(3)8)6(10)11;7-6(5(11)12)1-3(4(9)10)8-2-6;6-3(5(9)10)1-2-4(7)8;5-3(4(6)7)1-2-11(8,9)10;4-2(3(5)6)1-10-11(7,8)9/h1-3,7H,11H2,(H,12,13)(H,14,15)(H,16,17);3-4H,1-2,9H2,(H,10,11)(H,12,13)(H,14,15);1-4,7H,9H2,(H,10,11)(H2,12,13,14);3-5H,1-2,9H2,(H,10,11)(H,12,13);3,8H,1-2,7H2,(H,9,10)(H,11,12);3H,1-2,6H2,(H,7,8)(H,9,10);3H,1-2,5H2,(H,6,7)(H2,8,9,10);2H,1,4H2,(H,5,6)(H2,7,8,9)/t7-;3-,4+,8?;7-;3-,4-,5-,8-;3-,6-;2*3-;2-/m0.001000/s1. The van der Waals surface area contributed by atoms with Crippen molar-refractivity contribution in [2.24, 2.45) is 75.5 Å². The zero-order valence-electron chi connectivity index (χ0n) is 53.3. The zero-order chi connectivity index (χ0) is 82.0. The number of rotatable bonds is 26. The van der Waals surface area contributed by atoms with Crippen molar-refractivity contribution in [3.8, 4) is 0 Å². The van der Waals surface area contributed by atoms with Crippen molar-refractivity contribution in [3.05, 3.63) is 64.7 Å². The van der Waals surface area contributed by atoms with Crippen LogP contribution in [0.4, 0.5) is 0 Å². The summed E-state index contributed by atoms with van der Waals surface area (Å²) in [5.74, 6) is -21.8. The number of hydrogen-bond donors (Lipinski definition) is 30. The molecule has 1 heterocycles. The highest BCUT2D eigenvalue weighted by atomic mass is 31.2. The monoisotopic (exact) mass is 1560 g/mol. The number of aromatic carboxylic acids is 2. The number of nitrogens with one attached hydrogen (secondary N) is 1. The summed E-state index contributed by atoms with van der Waals surface area (Å²) in [6.45, 7) is -0.709. The molecule has 38 N–H and O–H groups in total. The molecule has 0 radical (unpaired) electrons. The van der Waals surface area contributed by atoms with Gasteiger partial charge in [-0.25, -0.2) is 14.2 Å². The Morgan fingerprint density at radius 2 is 0.923 bits per heavy atom. The van der Waals surface area contributed by atoms with Crippen LogP contribution in [-0.2, 0) is 80.5 Å². The van der Waals surface area contributed by atoms with E-state index in [-0.39, 0.29) is 67.8 Å². The maximum Gasteiger partial charge on any atom is 0.469 e. The molecule has 4 fully saturated rings. The first-order chi connectivity index (χ1) is 47.1. The van der Waals surface area contributed by atoms with Crippen molar-refractivity contribution in [3.63, 3.8) is 0 Å². The number of aliphatic carboxylic acids is 13. The minimum atomic E-state index is -4.60. The van der Waals surface area contributed by atoms with E-state index in [2.05, 4.69) is 9.84 Å². The van der Waals surface area contributed by atoms with Crippen molar-refractivity contribution >= 4 is 118 Å². The third-order valence-electron chi connectivity index (χ3n) is 14.8. The van der Waals surface area contributed by atoms with Crippen LogP contribution < -0.4 is 56.5 Å². The molecule has 52 heteroatoms. The Bertz CT molecular complexity index is 3560. The van der Waals surface area contributed by atoms with Crippen molar-refractivity contribution in [2.75, 3.05) is 19.3 Å². The van der Waals surface area contributed by atoms with Gasteiger partial charge in [-0.3, -0.25) is 76.0 Å². The smallest absolute Gasteiger partial charge is 0.469 e. The minimum absolute atomic E-state index is 0.000694. The Hall–Kier alpha value is -9.46. The molecule has 4 aliphatic rings. The summed E-state index contributed by atoms with van der Waals surface area (Å²) < 4.78 is 34.8. The van der Waals surface area contributed by atoms with Crippen molar-refractivity contribution in [1.82, 2.24) is 5.32 Å². The van der Waals surface area contributed by atoms with Crippen LogP contribution in [0.1, 0.15) is 95.3 Å². The quantitative estimate of drug-likeness (QED) is 0.0389. The average molecular weight is 1560 g/mol. The number of carbonyl (C=O) groups is 15. The SMILES string of the molecule is NC1(C(=O)O)C[C@H](C(=O)O)[C@H](C(=O)O)C1.N[C@@H](CCC(=O)O)C(=O)O.N[C@@H](CCP(=O)(O)O)C(=O)O.N[C@@H](COP(=O)(O)O)C(=O)O.N[C@@]1(C(=O)O)CC[C@H]2[C@H](C(=O)O)[C@H]21.N[C@@]1(C(=O)O)CN[C@@H](C(=O)O)C1.N[C@H](C(=O)O)c1ccc(C(=O)O)c(C(=O)O)c1.N[C@H](C(=O)O)c1ccc(P(=O)(O)O)cc1. The van der Waals surface area contributed by atoms with Crippen LogP contribution in [0.25, 0.3) is 0 Å². The van der Waals surface area contributed by atoms with Crippen molar-refractivity contribution in [2.45, 2.75) is 104 Å². The van der Waals surface area contributed by atoms with Crippen molar-refractivity contribution in [1.29, 1.82) is 0 Å². The maximum atomic E-state index is 10.8. The lowest BCUT2D eigenvalue weighted by molar-refractivity contribution is -0.152. The number of benzene rings is 2. The summed E-state index contributed by atoms with van der Waals surface area (Å²) in [7, 11) is -13.0. The van der Waals surface area contributed by atoms with Crippen LogP contribution in [0.3, 0.4) is 0 Å². The molecule has 6 rings (SSSR count). The van der Waals surface area contributed by atoms with Crippen LogP contribution >= 0.6 is 23.0 Å². The molecule has 0 aromatic heterocycles. The summed E-state index contributed by atoms with van der Waals surface area (Å²) in [6, 6.07) is 0.959. The molecule has 3 saturated carbocycles. The molecular weight excluding hydrogens is 1480 g/mol. The van der Waals surface area contributed by atoms with Gasteiger partial charge < -0.3 is 157 Å². The van der Waals surface area contributed by atoms with Crippen LogP contribution in [0.2, 0.25) is 0 Å². The van der Waals surface area contributed by atoms with Gasteiger partial charge in [0.25, 0.3) is 0 Å². The van der Waals surface area contributed by atoms with E-state index in [4.69, 9.17) is 152 Å². The van der Waals surface area contributed by atoms with E-state index >= 15 is 0 Å². The molecule has 1 unspecified atom stereocenters. The normalized spacial score (nSPS) is 23.1. The van der Waals surface area contributed by atoms with Gasteiger partial charge in [-0.1, -0.05) is 18.2 Å². The fraction of sp³-hybridized carbons (Fsp3) is 0.481. The summed E-state index contributed by atoms with van der Waals surface area (Å²) in [4.78, 5) is 207. The summed E-state index contributed by atoms with van der Waals surface area (Å²) >= 11 is 0. The van der Waals surface area contributed by atoms with Gasteiger partial charge in [-0.15, -0.1) is 0 Å². The van der Waals surface area contributed by atoms with Gasteiger partial charge in [-0.2, -0.15) is 0 Å². The zero-order valence-corrected chi connectivity index (χ0v) is 56.0. The summed E-state index contributed by atoms with van der Waals surface area (Å²) in [6.07, 6.45) is -0.662. The molecule has 0 spiro atoms. The minimum Gasteiger partial charge on any atom is -0.481 e. The molecular formula is C52H78N9O40P3. The van der Waals surface area contributed by atoms with E-state index in [0.29, 0.717) is 18.4 Å². The Balaban J connectivity index is 0. The van der Waals surface area contributed by atoms with Crippen LogP contribution in [-0.4, -0.2) is 256 Å². The predicted molar refractivity (Wildman–Crippen MR) is 337 cm³/mol. The molecule has 2 aromatic carbocycles. The van der Waals surface area contributed by atoms with E-state index in [1.165, 1.54) is 30.3 Å². The Kier molecular flexibility index (Phi) is 38.2. The van der Waals surface area contributed by atoms with Gasteiger partial charge in [-0.05, 0) is 79.8 Å². The molecule has 586 valence electrons. The molecule has 3 aliphatic carbocycles. The number of carboxylic acid groups (broad SMARTS) is 15. The Morgan fingerprint density at radius 1 is 0.500 bits per heavy atom. The highest BCUT2D eigenvalue weighted by Crippen LogP contribution is 2.61. The predicted octanol–water partition coefficient (Wildman–Crippen LogP) is -6.83. The number of fused-ring (bicyclic) bond motifs is 1. The summed E-state index contributed by atoms with van der Waals surface area (Å²) in [5, 5.41) is 131. The van der Waals surface area contributed by atoms with Gasteiger partial charge in [0.2, 0.25) is 0 Å². The van der Waals surface area contributed by atoms with Crippen molar-refractivity contribution < 1.29 is 196 Å². The largest absolute Gasteiger partial charge is 0.481 e. The second-order valence-corrected chi connectivity index (χ2v) is 27.2. The number of hydrogen-bond acceptors (Lipinski definition) is 28. The van der Waals surface area contributed by atoms with Crippen LogP contribution in [0, 0.1) is 29.6 Å². The lowest BCUT2D eigenvalue weighted by Crippen LogP contribution is -2.49. The van der Waals surface area contributed by atoms with E-state index in [9.17, 15) is 85.6 Å². The fourth-order valence-corrected chi connectivity index (χ4v) is 10.5. The van der Waals surface area contributed by atoms with Gasteiger partial charge in [0, 0.05) is 25.3 Å². The molecule has 2 aromatic rings. The average Bonchev–Trinajstić information content (AvgIpc) is 1.54. The molecule has 49 nitrogen and oxygen atoms in total. The third kappa shape index (κ3) is 32.9. The number of carboxylic acids is 15. The summed E-state index contributed by atoms with van der Waals surface area (Å²) in [5.41, 5.74) is 36.9. The number of phosphoric ester groups is 1. The van der Waals surface area contributed by atoms with E-state index in [1.807, 2.05) is 0 Å². The van der Waals surface area contributed by atoms with Gasteiger partial charge >= 0.3 is 113 Å². The first-order valence-electron chi connectivity index (χ1n) is 28.4. The fourth-order valence-electron chi connectivity index (χ4n) is 8.95. The second-order valence-electron chi connectivity index (χ2n) is 22.5. The van der Waals surface area contributed by atoms with Crippen LogP contribution in [0.15, 0.2) is 42.5 Å². The Labute approximate surface area is 581 Å². The first kappa shape index (κ1) is 96.6. The van der Waals surface area contributed by atoms with E-state index < -0.39 is 207 Å². The Morgan fingerprint density at radius 3 is 1.23 bits per heavy atom. The third-order valence-corrected chi connectivity index (χ3v) is 17.1. The second kappa shape index (κ2) is 41.1. The molecule has 0 bridgehead atoms. The first-order valence-corrected chi connectivity index (χ1v) is 33.4.